The summed E-state index contributed by atoms with van der Waals surface area (Å²) in [4.78, 5) is 0. The van der Waals surface area contributed by atoms with E-state index in [1.54, 1.807) is 12.8 Å². The van der Waals surface area contributed by atoms with Crippen molar-refractivity contribution in [2.24, 2.45) is 35.5 Å². The van der Waals surface area contributed by atoms with Gasteiger partial charge in [0.15, 0.2) is 0 Å². The molecule has 0 amide bonds. The second-order valence-corrected chi connectivity index (χ2v) is 14.0. The summed E-state index contributed by atoms with van der Waals surface area (Å²) < 4.78 is 0. The van der Waals surface area contributed by atoms with Crippen molar-refractivity contribution in [3.05, 3.63) is 22.3 Å². The van der Waals surface area contributed by atoms with Crippen LogP contribution in [0.3, 0.4) is 0 Å². The van der Waals surface area contributed by atoms with Crippen LogP contribution in [0.4, 0.5) is 0 Å². The molecule has 6 rings (SSSR count). The van der Waals surface area contributed by atoms with Gasteiger partial charge in [-0.25, -0.2) is 0 Å². The molecular formula is C35H56. The highest BCUT2D eigenvalue weighted by Crippen LogP contribution is 2.60. The molecule has 0 unspecified atom stereocenters. The Bertz CT molecular complexity index is 681. The van der Waals surface area contributed by atoms with E-state index in [9.17, 15) is 0 Å². The molecule has 0 nitrogen and oxygen atoms in total. The molecule has 0 radical (unpaired) electrons. The zero-order chi connectivity index (χ0) is 23.5. The smallest absolute Gasteiger partial charge is 0.00528 e. The van der Waals surface area contributed by atoms with Crippen LogP contribution >= 0.6 is 0 Å². The largest absolute Gasteiger partial charge is 0.0559 e. The number of hydrogen-bond donors (Lipinski definition) is 0. The summed E-state index contributed by atoms with van der Waals surface area (Å²) in [5.74, 6) is 5.67. The number of rotatable bonds is 5. The fourth-order valence-electron chi connectivity index (χ4n) is 10.3. The highest BCUT2D eigenvalue weighted by molar-refractivity contribution is 5.55. The van der Waals surface area contributed by atoms with Crippen molar-refractivity contribution in [1.82, 2.24) is 0 Å². The summed E-state index contributed by atoms with van der Waals surface area (Å²) in [5.41, 5.74) is 8.48. The maximum Gasteiger partial charge on any atom is 0.00528 e. The lowest BCUT2D eigenvalue weighted by molar-refractivity contribution is 0.252. The van der Waals surface area contributed by atoms with Crippen molar-refractivity contribution in [1.29, 1.82) is 0 Å². The van der Waals surface area contributed by atoms with Gasteiger partial charge in [0.2, 0.25) is 0 Å². The number of allylic oxidation sites excluding steroid dienone is 4. The van der Waals surface area contributed by atoms with E-state index in [-0.39, 0.29) is 0 Å². The first-order chi connectivity index (χ1) is 17.4. The number of hydrogen-bond acceptors (Lipinski definition) is 0. The Morgan fingerprint density at radius 3 is 0.914 bits per heavy atom. The first-order valence-corrected chi connectivity index (χ1v) is 16.9. The Morgan fingerprint density at radius 2 is 0.571 bits per heavy atom. The molecule has 35 heavy (non-hydrogen) atoms. The van der Waals surface area contributed by atoms with E-state index in [1.807, 2.05) is 0 Å². The van der Waals surface area contributed by atoms with Gasteiger partial charge in [-0.15, -0.1) is 0 Å². The monoisotopic (exact) mass is 476 g/mol. The van der Waals surface area contributed by atoms with Crippen LogP contribution < -0.4 is 0 Å². The second-order valence-electron chi connectivity index (χ2n) is 14.0. The Balaban J connectivity index is 1.50. The van der Waals surface area contributed by atoms with Crippen LogP contribution in [0.25, 0.3) is 0 Å². The fourth-order valence-corrected chi connectivity index (χ4v) is 10.3. The Kier molecular flexibility index (Phi) is 8.43. The standard InChI is InChI=1S/C35H56/c1-6-16-26(17-7-1)31-32(27-18-8-2-9-19-27)34(29-22-12-4-13-23-29)35(30-24-14-5-15-25-30)33(31)28-20-10-3-11-21-28/h26-31H,1-25H2. The Morgan fingerprint density at radius 1 is 0.286 bits per heavy atom. The van der Waals surface area contributed by atoms with Gasteiger partial charge >= 0.3 is 0 Å². The maximum absolute atomic E-state index is 2.14. The predicted molar refractivity (Wildman–Crippen MR) is 150 cm³/mol. The molecule has 196 valence electrons. The third-order valence-corrected chi connectivity index (χ3v) is 11.8. The molecule has 0 saturated heterocycles. The van der Waals surface area contributed by atoms with Gasteiger partial charge < -0.3 is 0 Å². The van der Waals surface area contributed by atoms with Crippen LogP contribution in [0, 0.1) is 35.5 Å². The van der Waals surface area contributed by atoms with Gasteiger partial charge in [0.05, 0.1) is 0 Å². The first-order valence-electron chi connectivity index (χ1n) is 16.9. The topological polar surface area (TPSA) is 0 Å². The van der Waals surface area contributed by atoms with Gasteiger partial charge in [0.1, 0.15) is 0 Å². The van der Waals surface area contributed by atoms with Crippen LogP contribution in [0.2, 0.25) is 0 Å². The highest BCUT2D eigenvalue weighted by Gasteiger charge is 2.47. The minimum atomic E-state index is 0.898. The van der Waals surface area contributed by atoms with Crippen molar-refractivity contribution in [3.63, 3.8) is 0 Å². The van der Waals surface area contributed by atoms with Crippen molar-refractivity contribution in [2.75, 3.05) is 0 Å². The first kappa shape index (κ1) is 24.8. The molecule has 0 aromatic carbocycles. The molecule has 0 aromatic heterocycles. The van der Waals surface area contributed by atoms with E-state index in [0.717, 1.165) is 35.5 Å². The van der Waals surface area contributed by atoms with Crippen molar-refractivity contribution in [2.45, 2.75) is 161 Å². The average Bonchev–Trinajstić information content (AvgIpc) is 3.32. The lowest BCUT2D eigenvalue weighted by Gasteiger charge is -2.39. The summed E-state index contributed by atoms with van der Waals surface area (Å²) in [6.07, 6.45) is 38.0. The molecule has 0 heterocycles. The van der Waals surface area contributed by atoms with E-state index in [2.05, 4.69) is 22.3 Å². The van der Waals surface area contributed by atoms with Gasteiger partial charge in [-0.05, 0) is 105 Å². The van der Waals surface area contributed by atoms with E-state index in [4.69, 9.17) is 0 Å². The lowest BCUT2D eigenvalue weighted by atomic mass is 9.65. The molecular weight excluding hydrogens is 420 g/mol. The lowest BCUT2D eigenvalue weighted by Crippen LogP contribution is -2.28. The van der Waals surface area contributed by atoms with E-state index < -0.39 is 0 Å². The van der Waals surface area contributed by atoms with Crippen LogP contribution in [0.1, 0.15) is 161 Å². The second kappa shape index (κ2) is 11.9. The maximum atomic E-state index is 2.14. The molecule has 0 atom stereocenters. The zero-order valence-corrected chi connectivity index (χ0v) is 23.1. The molecule has 0 aromatic rings. The summed E-state index contributed by atoms with van der Waals surface area (Å²) in [7, 11) is 0. The Hall–Kier alpha value is -0.520. The van der Waals surface area contributed by atoms with Crippen molar-refractivity contribution < 1.29 is 0 Å². The van der Waals surface area contributed by atoms with Crippen molar-refractivity contribution >= 4 is 0 Å². The summed E-state index contributed by atoms with van der Waals surface area (Å²) in [5, 5.41) is 0. The highest BCUT2D eigenvalue weighted by atomic mass is 14.5. The van der Waals surface area contributed by atoms with Crippen LogP contribution in [0.15, 0.2) is 22.3 Å². The van der Waals surface area contributed by atoms with Crippen LogP contribution in [-0.2, 0) is 0 Å². The van der Waals surface area contributed by atoms with E-state index in [0.29, 0.717) is 0 Å². The van der Waals surface area contributed by atoms with Gasteiger partial charge in [0.25, 0.3) is 0 Å². The zero-order valence-electron chi connectivity index (χ0n) is 23.1. The van der Waals surface area contributed by atoms with Crippen LogP contribution in [0.5, 0.6) is 0 Å². The van der Waals surface area contributed by atoms with Crippen LogP contribution in [-0.4, -0.2) is 0 Å². The van der Waals surface area contributed by atoms with Gasteiger partial charge in [-0.3, -0.25) is 0 Å². The minimum Gasteiger partial charge on any atom is -0.0559 e. The third-order valence-electron chi connectivity index (χ3n) is 11.8. The quantitative estimate of drug-likeness (QED) is 0.370. The average molecular weight is 477 g/mol. The van der Waals surface area contributed by atoms with E-state index >= 15 is 0 Å². The molecule has 0 bridgehead atoms. The molecule has 0 heteroatoms. The molecule has 5 saturated carbocycles. The van der Waals surface area contributed by atoms with Gasteiger partial charge in [0, 0.05) is 5.92 Å². The Labute approximate surface area is 218 Å². The SMILES string of the molecule is C1CCC(C2=C(C3CCCCC3)C(C3CCCCC3)C(C3CCCCC3)=C2C2CCCCC2)CC1. The minimum absolute atomic E-state index is 0.898. The van der Waals surface area contributed by atoms with Crippen molar-refractivity contribution in [3.8, 4) is 0 Å². The fraction of sp³-hybridized carbons (Fsp3) is 0.886. The summed E-state index contributed by atoms with van der Waals surface area (Å²) in [6, 6.07) is 0. The van der Waals surface area contributed by atoms with E-state index in [1.165, 1.54) is 148 Å². The molecule has 6 aliphatic carbocycles. The summed E-state index contributed by atoms with van der Waals surface area (Å²) in [6.45, 7) is 0. The van der Waals surface area contributed by atoms with Gasteiger partial charge in [-0.1, -0.05) is 107 Å². The third kappa shape index (κ3) is 5.25. The molecule has 0 spiro atoms. The predicted octanol–water partition coefficient (Wildman–Crippen LogP) is 11.1. The normalized spacial score (nSPS) is 30.5. The molecule has 5 fully saturated rings. The molecule has 6 aliphatic rings. The molecule has 0 aliphatic heterocycles. The van der Waals surface area contributed by atoms with Gasteiger partial charge in [-0.2, -0.15) is 0 Å². The molecule has 0 N–H and O–H groups in total. The summed E-state index contributed by atoms with van der Waals surface area (Å²) >= 11 is 0.